The van der Waals surface area contributed by atoms with Crippen molar-refractivity contribution >= 4 is 0 Å². The van der Waals surface area contributed by atoms with E-state index in [9.17, 15) is 13.2 Å². The summed E-state index contributed by atoms with van der Waals surface area (Å²) in [6, 6.07) is 0. The van der Waals surface area contributed by atoms with Crippen LogP contribution in [0.4, 0.5) is 13.2 Å². The molecule has 0 rings (SSSR count). The molecule has 0 unspecified atom stereocenters. The molecule has 0 heterocycles. The van der Waals surface area contributed by atoms with Crippen molar-refractivity contribution in [1.29, 1.82) is 0 Å². The van der Waals surface area contributed by atoms with Gasteiger partial charge in [-0.15, -0.1) is 0 Å². The second kappa shape index (κ2) is 4.81. The second-order valence-corrected chi connectivity index (χ2v) is 3.85. The Morgan fingerprint density at radius 2 is 1.54 bits per heavy atom. The number of hydrogen-bond donors (Lipinski definition) is 2. The van der Waals surface area contributed by atoms with Crippen molar-refractivity contribution in [2.24, 2.45) is 5.73 Å². The van der Waals surface area contributed by atoms with Gasteiger partial charge in [0, 0.05) is 12.1 Å². The minimum atomic E-state index is -4.06. The fraction of sp³-hybridized carbons (Fsp3) is 1.00. The topological polar surface area (TPSA) is 38.0 Å². The first kappa shape index (κ1) is 12.7. The average Bonchev–Trinajstić information content (AvgIpc) is 1.81. The van der Waals surface area contributed by atoms with Crippen LogP contribution < -0.4 is 11.1 Å². The van der Waals surface area contributed by atoms with E-state index < -0.39 is 12.6 Å². The van der Waals surface area contributed by atoms with Crippen LogP contribution in [0.25, 0.3) is 0 Å². The number of halogens is 3. The number of hydrogen-bond acceptors (Lipinski definition) is 2. The molecule has 0 aromatic heterocycles. The molecule has 0 spiro atoms. The zero-order valence-corrected chi connectivity index (χ0v) is 8.04. The van der Waals surface area contributed by atoms with E-state index in [1.54, 1.807) is 0 Å². The first-order chi connectivity index (χ1) is 5.71. The van der Waals surface area contributed by atoms with Crippen LogP contribution in [0.15, 0.2) is 0 Å². The summed E-state index contributed by atoms with van der Waals surface area (Å²) in [7, 11) is 0. The van der Waals surface area contributed by atoms with Crippen molar-refractivity contribution in [1.82, 2.24) is 5.32 Å². The maximum atomic E-state index is 11.7. The molecule has 0 fully saturated rings. The highest BCUT2D eigenvalue weighted by molar-refractivity contribution is 4.72. The summed E-state index contributed by atoms with van der Waals surface area (Å²) in [6.07, 6.45) is -4.17. The highest BCUT2D eigenvalue weighted by Gasteiger charge is 2.25. The summed E-state index contributed by atoms with van der Waals surface area (Å²) < 4.78 is 35.0. The molecule has 0 aliphatic carbocycles. The van der Waals surface area contributed by atoms with Crippen LogP contribution in [0, 0.1) is 0 Å². The summed E-state index contributed by atoms with van der Waals surface area (Å²) in [5.41, 5.74) is 5.33. The van der Waals surface area contributed by atoms with Crippen molar-refractivity contribution < 1.29 is 13.2 Å². The van der Waals surface area contributed by atoms with Crippen LogP contribution >= 0.6 is 0 Å². The Morgan fingerprint density at radius 1 is 1.08 bits per heavy atom. The van der Waals surface area contributed by atoms with Gasteiger partial charge in [0.15, 0.2) is 0 Å². The molecule has 0 radical (unpaired) electrons. The van der Waals surface area contributed by atoms with E-state index in [-0.39, 0.29) is 12.1 Å². The lowest BCUT2D eigenvalue weighted by atomic mass is 10.0. The minimum absolute atomic E-state index is 0.0282. The predicted molar refractivity (Wildman–Crippen MR) is 46.4 cm³/mol. The maximum Gasteiger partial charge on any atom is 0.390 e. The lowest BCUT2D eigenvalue weighted by Crippen LogP contribution is -2.36. The van der Waals surface area contributed by atoms with Gasteiger partial charge in [0.25, 0.3) is 0 Å². The average molecular weight is 198 g/mol. The second-order valence-electron chi connectivity index (χ2n) is 3.85. The molecular formula is C8H17F3N2. The molecule has 0 aromatic carbocycles. The van der Waals surface area contributed by atoms with Crippen LogP contribution in [0.5, 0.6) is 0 Å². The molecule has 0 amide bonds. The van der Waals surface area contributed by atoms with Crippen molar-refractivity contribution in [2.75, 3.05) is 13.1 Å². The van der Waals surface area contributed by atoms with Gasteiger partial charge in [0.2, 0.25) is 0 Å². The van der Waals surface area contributed by atoms with Gasteiger partial charge < -0.3 is 11.1 Å². The standard InChI is InChI=1S/C8H17F3N2/c1-7(2,12)3-5-13-6-4-8(9,10)11/h13H,3-6,12H2,1-2H3. The molecule has 0 saturated heterocycles. The molecule has 0 saturated carbocycles. The maximum absolute atomic E-state index is 11.7. The van der Waals surface area contributed by atoms with Gasteiger partial charge >= 0.3 is 6.18 Å². The predicted octanol–water partition coefficient (Wildman–Crippen LogP) is 1.66. The number of nitrogens with two attached hydrogens (primary N) is 1. The van der Waals surface area contributed by atoms with Crippen molar-refractivity contribution in [3.05, 3.63) is 0 Å². The third-order valence-electron chi connectivity index (χ3n) is 1.53. The van der Waals surface area contributed by atoms with Gasteiger partial charge in [-0.25, -0.2) is 0 Å². The summed E-state index contributed by atoms with van der Waals surface area (Å²) >= 11 is 0. The zero-order chi connectivity index (χ0) is 10.5. The van der Waals surface area contributed by atoms with E-state index in [1.165, 1.54) is 0 Å². The van der Waals surface area contributed by atoms with Crippen LogP contribution in [0.2, 0.25) is 0 Å². The van der Waals surface area contributed by atoms with Gasteiger partial charge in [-0.05, 0) is 26.8 Å². The highest BCUT2D eigenvalue weighted by Crippen LogP contribution is 2.18. The van der Waals surface area contributed by atoms with Crippen molar-refractivity contribution in [2.45, 2.75) is 38.4 Å². The molecule has 0 bridgehead atoms. The van der Waals surface area contributed by atoms with Crippen molar-refractivity contribution in [3.8, 4) is 0 Å². The molecule has 0 aromatic rings. The van der Waals surface area contributed by atoms with E-state index in [4.69, 9.17) is 5.73 Å². The monoisotopic (exact) mass is 198 g/mol. The van der Waals surface area contributed by atoms with E-state index in [0.29, 0.717) is 13.0 Å². The molecule has 3 N–H and O–H groups in total. The summed E-state index contributed by atoms with van der Waals surface area (Å²) in [5, 5.41) is 2.70. The van der Waals surface area contributed by atoms with E-state index in [1.807, 2.05) is 13.8 Å². The molecule has 0 aliphatic heterocycles. The molecule has 80 valence electrons. The van der Waals surface area contributed by atoms with Gasteiger partial charge in [0.05, 0.1) is 6.42 Å². The molecule has 5 heteroatoms. The first-order valence-corrected chi connectivity index (χ1v) is 4.27. The van der Waals surface area contributed by atoms with E-state index >= 15 is 0 Å². The Hall–Kier alpha value is -0.290. The summed E-state index contributed by atoms with van der Waals surface area (Å²) in [6.45, 7) is 4.19. The Kier molecular flexibility index (Phi) is 4.70. The smallest absolute Gasteiger partial charge is 0.326 e. The number of rotatable bonds is 5. The Labute approximate surface area is 76.7 Å². The van der Waals surface area contributed by atoms with Gasteiger partial charge in [0.1, 0.15) is 0 Å². The minimum Gasteiger partial charge on any atom is -0.326 e. The largest absolute Gasteiger partial charge is 0.390 e. The lowest BCUT2D eigenvalue weighted by molar-refractivity contribution is -0.133. The Balaban J connectivity index is 3.28. The third-order valence-corrected chi connectivity index (χ3v) is 1.53. The van der Waals surface area contributed by atoms with Crippen LogP contribution in [0.1, 0.15) is 26.7 Å². The number of alkyl halides is 3. The van der Waals surface area contributed by atoms with E-state index in [0.717, 1.165) is 0 Å². The van der Waals surface area contributed by atoms with Crippen LogP contribution in [-0.4, -0.2) is 24.8 Å². The Bertz CT molecular complexity index is 121. The molecule has 0 atom stereocenters. The van der Waals surface area contributed by atoms with Crippen molar-refractivity contribution in [3.63, 3.8) is 0 Å². The summed E-state index contributed by atoms with van der Waals surface area (Å²) in [4.78, 5) is 0. The van der Waals surface area contributed by atoms with Gasteiger partial charge in [-0.1, -0.05) is 0 Å². The van der Waals surface area contributed by atoms with Crippen LogP contribution in [-0.2, 0) is 0 Å². The molecular weight excluding hydrogens is 181 g/mol. The lowest BCUT2D eigenvalue weighted by Gasteiger charge is -2.18. The fourth-order valence-electron chi connectivity index (χ4n) is 0.766. The zero-order valence-electron chi connectivity index (χ0n) is 8.04. The number of nitrogens with one attached hydrogen (secondary N) is 1. The van der Waals surface area contributed by atoms with Gasteiger partial charge in [-0.2, -0.15) is 13.2 Å². The Morgan fingerprint density at radius 3 is 1.92 bits per heavy atom. The van der Waals surface area contributed by atoms with Crippen LogP contribution in [0.3, 0.4) is 0 Å². The fourth-order valence-corrected chi connectivity index (χ4v) is 0.766. The SMILES string of the molecule is CC(C)(N)CCNCCC(F)(F)F. The molecule has 13 heavy (non-hydrogen) atoms. The molecule has 2 nitrogen and oxygen atoms in total. The van der Waals surface area contributed by atoms with Gasteiger partial charge in [-0.3, -0.25) is 0 Å². The third kappa shape index (κ3) is 11.7. The molecule has 0 aliphatic rings. The quantitative estimate of drug-likeness (QED) is 0.659. The summed E-state index contributed by atoms with van der Waals surface area (Å²) in [5.74, 6) is 0. The normalized spacial score (nSPS) is 13.4. The highest BCUT2D eigenvalue weighted by atomic mass is 19.4. The van der Waals surface area contributed by atoms with E-state index in [2.05, 4.69) is 5.32 Å². The first-order valence-electron chi connectivity index (χ1n) is 4.27.